The maximum absolute atomic E-state index is 13.1. The fraction of sp³-hybridized carbons (Fsp3) is 0.263. The Bertz CT molecular complexity index is 761. The van der Waals surface area contributed by atoms with Crippen LogP contribution in [-0.4, -0.2) is 24.4 Å². The summed E-state index contributed by atoms with van der Waals surface area (Å²) in [5.74, 6) is 0. The van der Waals surface area contributed by atoms with Gasteiger partial charge in [-0.05, 0) is 44.0 Å². The summed E-state index contributed by atoms with van der Waals surface area (Å²) in [5, 5.41) is 0. The molecular formula is C19H23N2O3P. The molecule has 0 spiro atoms. The predicted molar refractivity (Wildman–Crippen MR) is 102 cm³/mol. The maximum atomic E-state index is 13.1. The predicted octanol–water partition coefficient (Wildman–Crippen LogP) is 5.07. The second-order valence-corrected chi connectivity index (χ2v) is 7.26. The summed E-state index contributed by atoms with van der Waals surface area (Å²) in [4.78, 5) is 8.50. The first kappa shape index (κ1) is 19.3. The summed E-state index contributed by atoms with van der Waals surface area (Å²) < 4.78 is 24.0. The molecule has 0 aliphatic heterocycles. The lowest BCUT2D eigenvalue weighted by Gasteiger charge is -2.17. The van der Waals surface area contributed by atoms with E-state index in [0.717, 1.165) is 16.7 Å². The fourth-order valence-electron chi connectivity index (χ4n) is 2.10. The maximum Gasteiger partial charge on any atom is 0.379 e. The Labute approximate surface area is 149 Å². The molecule has 132 valence electrons. The average molecular weight is 358 g/mol. The highest BCUT2D eigenvalue weighted by atomic mass is 31.2. The van der Waals surface area contributed by atoms with Crippen LogP contribution in [0, 0.1) is 6.92 Å². The number of aromatic nitrogens is 1. The van der Waals surface area contributed by atoms with Gasteiger partial charge in [0.05, 0.1) is 13.2 Å². The lowest BCUT2D eigenvalue weighted by molar-refractivity contribution is 0.226. The Morgan fingerprint density at radius 1 is 1.12 bits per heavy atom. The standard InChI is InChI=1S/C19H23N2O3P/c1-4-23-25(22,24-5-2)19(13-18-7-6-12-20-14-18)21-15-17-10-8-16(3)9-11-17/h6-15H,4-5H2,1-3H3/b19-13-,21-15+. The lowest BCUT2D eigenvalue weighted by atomic mass is 10.2. The van der Waals surface area contributed by atoms with Crippen LogP contribution in [0.5, 0.6) is 0 Å². The molecule has 6 heteroatoms. The van der Waals surface area contributed by atoms with Gasteiger partial charge in [0.15, 0.2) is 5.44 Å². The second-order valence-electron chi connectivity index (χ2n) is 5.29. The van der Waals surface area contributed by atoms with Crippen molar-refractivity contribution in [3.63, 3.8) is 0 Å². The van der Waals surface area contributed by atoms with E-state index in [0.29, 0.717) is 0 Å². The van der Waals surface area contributed by atoms with Crippen LogP contribution in [0.1, 0.15) is 30.5 Å². The Morgan fingerprint density at radius 3 is 2.36 bits per heavy atom. The first-order chi connectivity index (χ1) is 12.1. The zero-order chi connectivity index (χ0) is 18.1. The van der Waals surface area contributed by atoms with Crippen molar-refractivity contribution in [3.8, 4) is 0 Å². The van der Waals surface area contributed by atoms with Crippen LogP contribution in [0.3, 0.4) is 0 Å². The minimum Gasteiger partial charge on any atom is -0.304 e. The highest BCUT2D eigenvalue weighted by Gasteiger charge is 2.29. The van der Waals surface area contributed by atoms with Crippen LogP contribution >= 0.6 is 7.60 Å². The van der Waals surface area contributed by atoms with E-state index in [1.165, 1.54) is 0 Å². The summed E-state index contributed by atoms with van der Waals surface area (Å²) in [6, 6.07) is 11.6. The van der Waals surface area contributed by atoms with Gasteiger partial charge in [0.2, 0.25) is 0 Å². The largest absolute Gasteiger partial charge is 0.379 e. The molecule has 0 N–H and O–H groups in total. The molecule has 2 rings (SSSR count). The Morgan fingerprint density at radius 2 is 1.80 bits per heavy atom. The molecule has 5 nitrogen and oxygen atoms in total. The van der Waals surface area contributed by atoms with E-state index in [-0.39, 0.29) is 18.7 Å². The van der Waals surface area contributed by atoms with Gasteiger partial charge in [0.25, 0.3) is 0 Å². The molecule has 25 heavy (non-hydrogen) atoms. The molecule has 1 heterocycles. The Kier molecular flexibility index (Phi) is 7.26. The molecular weight excluding hydrogens is 335 g/mol. The topological polar surface area (TPSA) is 60.8 Å². The van der Waals surface area contributed by atoms with E-state index in [2.05, 4.69) is 9.98 Å². The van der Waals surface area contributed by atoms with Crippen LogP contribution in [0.15, 0.2) is 59.2 Å². The van der Waals surface area contributed by atoms with Crippen LogP contribution in [0.4, 0.5) is 0 Å². The van der Waals surface area contributed by atoms with Crippen LogP contribution in [0.25, 0.3) is 6.08 Å². The van der Waals surface area contributed by atoms with E-state index >= 15 is 0 Å². The van der Waals surface area contributed by atoms with Crippen molar-refractivity contribution in [2.75, 3.05) is 13.2 Å². The third kappa shape index (κ3) is 5.75. The minimum atomic E-state index is -3.51. The van der Waals surface area contributed by atoms with E-state index in [1.54, 1.807) is 44.6 Å². The molecule has 0 bridgehead atoms. The number of aliphatic imine (C=N–C) groups is 1. The van der Waals surface area contributed by atoms with Crippen LogP contribution in [0.2, 0.25) is 0 Å². The quantitative estimate of drug-likeness (QED) is 0.488. The molecule has 1 aromatic carbocycles. The number of benzene rings is 1. The average Bonchev–Trinajstić information content (AvgIpc) is 2.61. The number of aryl methyl sites for hydroxylation is 1. The van der Waals surface area contributed by atoms with Gasteiger partial charge in [0, 0.05) is 18.6 Å². The van der Waals surface area contributed by atoms with Gasteiger partial charge in [-0.1, -0.05) is 35.9 Å². The van der Waals surface area contributed by atoms with E-state index < -0.39 is 7.60 Å². The monoisotopic (exact) mass is 358 g/mol. The third-order valence-corrected chi connectivity index (χ3v) is 5.28. The fourth-order valence-corrected chi connectivity index (χ4v) is 3.63. The van der Waals surface area contributed by atoms with Crippen molar-refractivity contribution in [2.45, 2.75) is 20.8 Å². The molecule has 0 amide bonds. The molecule has 0 saturated heterocycles. The molecule has 0 radical (unpaired) electrons. The van der Waals surface area contributed by atoms with Gasteiger partial charge < -0.3 is 9.05 Å². The number of hydrogen-bond donors (Lipinski definition) is 0. The molecule has 0 saturated carbocycles. The van der Waals surface area contributed by atoms with Gasteiger partial charge >= 0.3 is 7.60 Å². The lowest BCUT2D eigenvalue weighted by Crippen LogP contribution is -1.98. The van der Waals surface area contributed by atoms with Gasteiger partial charge in [0.1, 0.15) is 0 Å². The molecule has 0 unspecified atom stereocenters. The SMILES string of the molecule is CCOP(=O)(OCC)C(=C\c1cccnc1)/N=C/c1ccc(C)cc1. The van der Waals surface area contributed by atoms with Crippen molar-refractivity contribution in [2.24, 2.45) is 4.99 Å². The summed E-state index contributed by atoms with van der Waals surface area (Å²) in [7, 11) is -3.51. The van der Waals surface area contributed by atoms with E-state index in [9.17, 15) is 4.57 Å². The first-order valence-electron chi connectivity index (χ1n) is 8.19. The minimum absolute atomic E-state index is 0.254. The molecule has 0 aliphatic carbocycles. The number of rotatable bonds is 8. The van der Waals surface area contributed by atoms with Gasteiger partial charge in [-0.15, -0.1) is 0 Å². The molecule has 0 atom stereocenters. The van der Waals surface area contributed by atoms with E-state index in [4.69, 9.17) is 9.05 Å². The van der Waals surface area contributed by atoms with Gasteiger partial charge in [-0.2, -0.15) is 0 Å². The molecule has 0 aliphatic rings. The zero-order valence-corrected chi connectivity index (χ0v) is 15.6. The molecule has 1 aromatic heterocycles. The number of pyridine rings is 1. The smallest absolute Gasteiger partial charge is 0.304 e. The van der Waals surface area contributed by atoms with E-state index in [1.807, 2.05) is 37.3 Å². The zero-order valence-electron chi connectivity index (χ0n) is 14.8. The molecule has 2 aromatic rings. The summed E-state index contributed by atoms with van der Waals surface area (Å²) >= 11 is 0. The Hall–Kier alpha value is -2.07. The number of nitrogens with zero attached hydrogens (tertiary/aromatic N) is 2. The second kappa shape index (κ2) is 9.42. The normalized spacial score (nSPS) is 12.7. The molecule has 0 fully saturated rings. The number of hydrogen-bond acceptors (Lipinski definition) is 5. The summed E-state index contributed by atoms with van der Waals surface area (Å²) in [6.07, 6.45) is 6.69. The highest BCUT2D eigenvalue weighted by Crippen LogP contribution is 2.57. The summed E-state index contributed by atoms with van der Waals surface area (Å²) in [6.45, 7) is 6.10. The van der Waals surface area contributed by atoms with Crippen molar-refractivity contribution in [3.05, 3.63) is 70.9 Å². The van der Waals surface area contributed by atoms with Crippen molar-refractivity contribution in [1.29, 1.82) is 0 Å². The van der Waals surface area contributed by atoms with Crippen LogP contribution in [-0.2, 0) is 13.6 Å². The highest BCUT2D eigenvalue weighted by molar-refractivity contribution is 7.58. The van der Waals surface area contributed by atoms with Crippen molar-refractivity contribution < 1.29 is 13.6 Å². The van der Waals surface area contributed by atoms with Gasteiger partial charge in [-0.3, -0.25) is 9.55 Å². The van der Waals surface area contributed by atoms with Crippen LogP contribution < -0.4 is 0 Å². The van der Waals surface area contributed by atoms with Gasteiger partial charge in [-0.25, -0.2) is 4.99 Å². The summed E-state index contributed by atoms with van der Waals surface area (Å²) in [5.41, 5.74) is 3.10. The first-order valence-corrected chi connectivity index (χ1v) is 9.74. The third-order valence-electron chi connectivity index (χ3n) is 3.28. The van der Waals surface area contributed by atoms with Crippen molar-refractivity contribution in [1.82, 2.24) is 4.98 Å². The Balaban J connectivity index is 2.42. The van der Waals surface area contributed by atoms with Crippen molar-refractivity contribution >= 4 is 19.9 Å².